The summed E-state index contributed by atoms with van der Waals surface area (Å²) in [5.41, 5.74) is 6.53. The Morgan fingerprint density at radius 3 is 2.17 bits per heavy atom. The van der Waals surface area contributed by atoms with E-state index in [0.29, 0.717) is 28.6 Å². The number of hydrogen-bond acceptors (Lipinski definition) is 4. The fourth-order valence-corrected chi connectivity index (χ4v) is 2.04. The molecule has 0 aliphatic carbocycles. The van der Waals surface area contributed by atoms with Crippen LogP contribution in [-0.2, 0) is 6.61 Å². The van der Waals surface area contributed by atoms with Crippen LogP contribution in [0.15, 0.2) is 60.8 Å². The normalized spacial score (nSPS) is 10.4. The fourth-order valence-electron chi connectivity index (χ4n) is 2.04. The topological polar surface area (TPSA) is 57.4 Å². The molecule has 0 unspecified atom stereocenters. The molecule has 1 heterocycles. The highest BCUT2D eigenvalue weighted by molar-refractivity contribution is 5.38. The zero-order chi connectivity index (χ0) is 16.9. The molecule has 122 valence electrons. The van der Waals surface area contributed by atoms with E-state index in [2.05, 4.69) is 4.98 Å². The van der Waals surface area contributed by atoms with Gasteiger partial charge in [-0.05, 0) is 48.0 Å². The summed E-state index contributed by atoms with van der Waals surface area (Å²) in [6.07, 6.45) is 1.50. The fraction of sp³-hybridized carbons (Fsp3) is 0.0556. The lowest BCUT2D eigenvalue weighted by molar-refractivity contribution is 0.304. The highest BCUT2D eigenvalue weighted by Crippen LogP contribution is 2.23. The lowest BCUT2D eigenvalue weighted by Crippen LogP contribution is -1.97. The summed E-state index contributed by atoms with van der Waals surface area (Å²) in [7, 11) is 0. The second-order valence-electron chi connectivity index (χ2n) is 5.07. The zero-order valence-electron chi connectivity index (χ0n) is 12.6. The van der Waals surface area contributed by atoms with Gasteiger partial charge in [-0.2, -0.15) is 0 Å². The molecule has 2 N–H and O–H groups in total. The quantitative estimate of drug-likeness (QED) is 0.758. The molecule has 0 atom stereocenters. The van der Waals surface area contributed by atoms with E-state index in [0.717, 1.165) is 6.07 Å². The van der Waals surface area contributed by atoms with Crippen LogP contribution < -0.4 is 15.2 Å². The number of anilines is 1. The van der Waals surface area contributed by atoms with Crippen molar-refractivity contribution in [3.05, 3.63) is 78.0 Å². The third-order valence-corrected chi connectivity index (χ3v) is 3.13. The molecule has 3 aromatic rings. The predicted molar refractivity (Wildman–Crippen MR) is 85.9 cm³/mol. The van der Waals surface area contributed by atoms with Crippen LogP contribution in [0.4, 0.5) is 14.5 Å². The molecule has 1 aromatic heterocycles. The number of hydrogen-bond donors (Lipinski definition) is 1. The van der Waals surface area contributed by atoms with Crippen molar-refractivity contribution in [2.45, 2.75) is 6.61 Å². The molecule has 0 aliphatic rings. The van der Waals surface area contributed by atoms with Crippen LogP contribution in [0.3, 0.4) is 0 Å². The first-order chi connectivity index (χ1) is 11.6. The highest BCUT2D eigenvalue weighted by atomic mass is 19.1. The Bertz CT molecular complexity index is 801. The Morgan fingerprint density at radius 1 is 0.875 bits per heavy atom. The molecular formula is C18H14F2N2O2. The van der Waals surface area contributed by atoms with Crippen LogP contribution in [0, 0.1) is 11.6 Å². The second kappa shape index (κ2) is 6.95. The molecule has 0 aliphatic heterocycles. The van der Waals surface area contributed by atoms with Gasteiger partial charge in [0.1, 0.15) is 29.7 Å². The van der Waals surface area contributed by atoms with Gasteiger partial charge in [-0.3, -0.25) is 0 Å². The largest absolute Gasteiger partial charge is 0.489 e. The standard InChI is InChI=1S/C18H14F2N2O2/c19-13-7-12(8-14(20)9-13)11-23-16-2-4-17(5-3-16)24-18-6-1-15(21)10-22-18/h1-10H,11,21H2. The van der Waals surface area contributed by atoms with Gasteiger partial charge in [-0.15, -0.1) is 0 Å². The van der Waals surface area contributed by atoms with Crippen LogP contribution in [0.5, 0.6) is 17.4 Å². The third kappa shape index (κ3) is 4.19. The Labute approximate surface area is 137 Å². The van der Waals surface area contributed by atoms with E-state index in [-0.39, 0.29) is 6.61 Å². The molecule has 0 radical (unpaired) electrons. The SMILES string of the molecule is Nc1ccc(Oc2ccc(OCc3cc(F)cc(F)c3)cc2)nc1. The van der Waals surface area contributed by atoms with Crippen molar-refractivity contribution in [2.75, 3.05) is 5.73 Å². The van der Waals surface area contributed by atoms with Crippen molar-refractivity contribution in [1.29, 1.82) is 0 Å². The maximum atomic E-state index is 13.1. The first-order valence-electron chi connectivity index (χ1n) is 7.16. The van der Waals surface area contributed by atoms with Crippen LogP contribution >= 0.6 is 0 Å². The molecule has 6 heteroatoms. The van der Waals surface area contributed by atoms with Crippen molar-refractivity contribution in [1.82, 2.24) is 4.98 Å². The number of pyridine rings is 1. The number of halogens is 2. The van der Waals surface area contributed by atoms with E-state index in [1.807, 2.05) is 0 Å². The first-order valence-corrected chi connectivity index (χ1v) is 7.16. The number of nitrogens with two attached hydrogens (primary N) is 1. The monoisotopic (exact) mass is 328 g/mol. The highest BCUT2D eigenvalue weighted by Gasteiger charge is 2.03. The minimum Gasteiger partial charge on any atom is -0.489 e. The van der Waals surface area contributed by atoms with Gasteiger partial charge in [-0.25, -0.2) is 13.8 Å². The molecule has 0 fully saturated rings. The van der Waals surface area contributed by atoms with Gasteiger partial charge >= 0.3 is 0 Å². The summed E-state index contributed by atoms with van der Waals surface area (Å²) >= 11 is 0. The van der Waals surface area contributed by atoms with Crippen LogP contribution in [0.25, 0.3) is 0 Å². The van der Waals surface area contributed by atoms with E-state index < -0.39 is 11.6 Å². The minimum absolute atomic E-state index is 0.0639. The van der Waals surface area contributed by atoms with Crippen molar-refractivity contribution >= 4 is 5.69 Å². The summed E-state index contributed by atoms with van der Waals surface area (Å²) in [5, 5.41) is 0. The Hall–Kier alpha value is -3.15. The number of rotatable bonds is 5. The van der Waals surface area contributed by atoms with Gasteiger partial charge in [0.25, 0.3) is 0 Å². The molecular weight excluding hydrogens is 314 g/mol. The lowest BCUT2D eigenvalue weighted by atomic mass is 10.2. The number of aromatic nitrogens is 1. The summed E-state index contributed by atoms with van der Waals surface area (Å²) in [6, 6.07) is 13.4. The molecule has 0 amide bonds. The summed E-state index contributed by atoms with van der Waals surface area (Å²) < 4.78 is 37.3. The van der Waals surface area contributed by atoms with Gasteiger partial charge in [-0.1, -0.05) is 0 Å². The Kier molecular flexibility index (Phi) is 4.56. The van der Waals surface area contributed by atoms with Crippen LogP contribution in [0.1, 0.15) is 5.56 Å². The van der Waals surface area contributed by atoms with Gasteiger partial charge in [0.2, 0.25) is 5.88 Å². The number of ether oxygens (including phenoxy) is 2. The average molecular weight is 328 g/mol. The molecule has 3 rings (SSSR count). The Balaban J connectivity index is 1.61. The molecule has 0 saturated heterocycles. The van der Waals surface area contributed by atoms with E-state index in [9.17, 15) is 8.78 Å². The van der Waals surface area contributed by atoms with E-state index in [1.165, 1.54) is 18.3 Å². The second-order valence-corrected chi connectivity index (χ2v) is 5.07. The van der Waals surface area contributed by atoms with E-state index in [4.69, 9.17) is 15.2 Å². The number of nitrogens with zero attached hydrogens (tertiary/aromatic N) is 1. The number of nitrogen functional groups attached to an aromatic ring is 1. The summed E-state index contributed by atoms with van der Waals surface area (Å²) in [4.78, 5) is 4.04. The zero-order valence-corrected chi connectivity index (χ0v) is 12.6. The smallest absolute Gasteiger partial charge is 0.219 e. The Morgan fingerprint density at radius 2 is 1.54 bits per heavy atom. The van der Waals surface area contributed by atoms with Crippen molar-refractivity contribution in [3.63, 3.8) is 0 Å². The number of benzene rings is 2. The van der Waals surface area contributed by atoms with Crippen LogP contribution in [0.2, 0.25) is 0 Å². The molecule has 0 spiro atoms. The van der Waals surface area contributed by atoms with Crippen LogP contribution in [-0.4, -0.2) is 4.98 Å². The van der Waals surface area contributed by atoms with E-state index >= 15 is 0 Å². The van der Waals surface area contributed by atoms with E-state index in [1.54, 1.807) is 36.4 Å². The van der Waals surface area contributed by atoms with Gasteiger partial charge < -0.3 is 15.2 Å². The molecule has 2 aromatic carbocycles. The molecule has 0 saturated carbocycles. The summed E-state index contributed by atoms with van der Waals surface area (Å²) in [5.74, 6) is 0.295. The van der Waals surface area contributed by atoms with Gasteiger partial charge in [0, 0.05) is 12.1 Å². The minimum atomic E-state index is -0.631. The van der Waals surface area contributed by atoms with Crippen molar-refractivity contribution in [2.24, 2.45) is 0 Å². The predicted octanol–water partition coefficient (Wildman–Crippen LogP) is 4.31. The van der Waals surface area contributed by atoms with Gasteiger partial charge in [0.15, 0.2) is 0 Å². The van der Waals surface area contributed by atoms with Gasteiger partial charge in [0.05, 0.1) is 11.9 Å². The molecule has 24 heavy (non-hydrogen) atoms. The third-order valence-electron chi connectivity index (χ3n) is 3.13. The van der Waals surface area contributed by atoms with Crippen molar-refractivity contribution in [3.8, 4) is 17.4 Å². The molecule has 0 bridgehead atoms. The first kappa shape index (κ1) is 15.7. The molecule has 4 nitrogen and oxygen atoms in total. The maximum absolute atomic E-state index is 13.1. The average Bonchev–Trinajstić information content (AvgIpc) is 2.55. The lowest BCUT2D eigenvalue weighted by Gasteiger charge is -2.08. The summed E-state index contributed by atoms with van der Waals surface area (Å²) in [6.45, 7) is 0.0639. The van der Waals surface area contributed by atoms with Crippen molar-refractivity contribution < 1.29 is 18.3 Å². The maximum Gasteiger partial charge on any atom is 0.219 e.